The van der Waals surface area contributed by atoms with Crippen molar-refractivity contribution < 1.29 is 5.11 Å². The van der Waals surface area contributed by atoms with E-state index in [-0.39, 0.29) is 12.8 Å². The van der Waals surface area contributed by atoms with Crippen molar-refractivity contribution in [1.82, 2.24) is 4.90 Å². The highest BCUT2D eigenvalue weighted by Crippen LogP contribution is 2.11. The molecule has 0 aliphatic heterocycles. The monoisotopic (exact) mass is 256 g/mol. The number of nitrogens with two attached hydrogens (primary N) is 1. The lowest BCUT2D eigenvalue weighted by molar-refractivity contribution is 0.113. The van der Waals surface area contributed by atoms with Gasteiger partial charge in [-0.25, -0.2) is 0 Å². The Morgan fingerprint density at radius 3 is 1.63 bits per heavy atom. The molecule has 3 nitrogen and oxygen atoms in total. The number of benzene rings is 2. The van der Waals surface area contributed by atoms with E-state index < -0.39 is 0 Å². The van der Waals surface area contributed by atoms with Gasteiger partial charge < -0.3 is 10.8 Å². The van der Waals surface area contributed by atoms with E-state index in [1.54, 1.807) is 0 Å². The van der Waals surface area contributed by atoms with E-state index in [2.05, 4.69) is 29.2 Å². The van der Waals surface area contributed by atoms with E-state index in [1.807, 2.05) is 36.4 Å². The average molecular weight is 256 g/mol. The lowest BCUT2D eigenvalue weighted by Crippen LogP contribution is -2.43. The third kappa shape index (κ3) is 4.17. The molecule has 0 aromatic heterocycles. The maximum atomic E-state index is 9.29. The maximum absolute atomic E-state index is 9.29. The summed E-state index contributed by atoms with van der Waals surface area (Å²) < 4.78 is 0. The van der Waals surface area contributed by atoms with Gasteiger partial charge >= 0.3 is 0 Å². The summed E-state index contributed by atoms with van der Waals surface area (Å²) in [6, 6.07) is 20.3. The minimum Gasteiger partial charge on any atom is -0.393 e. The van der Waals surface area contributed by atoms with Crippen LogP contribution in [0.25, 0.3) is 0 Å². The summed E-state index contributed by atoms with van der Waals surface area (Å²) in [6.45, 7) is 1.43. The molecule has 0 aliphatic rings. The first-order chi connectivity index (χ1) is 9.29. The Morgan fingerprint density at radius 2 is 1.26 bits per heavy atom. The van der Waals surface area contributed by atoms with Crippen molar-refractivity contribution in [2.24, 2.45) is 5.73 Å². The van der Waals surface area contributed by atoms with Gasteiger partial charge in [-0.2, -0.15) is 0 Å². The largest absolute Gasteiger partial charge is 0.393 e. The minimum absolute atomic E-state index is 0.0420. The van der Waals surface area contributed by atoms with Crippen molar-refractivity contribution in [3.05, 3.63) is 71.8 Å². The molecule has 19 heavy (non-hydrogen) atoms. The van der Waals surface area contributed by atoms with Crippen LogP contribution in [-0.4, -0.2) is 22.8 Å². The van der Waals surface area contributed by atoms with Gasteiger partial charge in [0.05, 0.1) is 12.8 Å². The highest BCUT2D eigenvalue weighted by atomic mass is 16.3. The van der Waals surface area contributed by atoms with Gasteiger partial charge in [0.1, 0.15) is 0 Å². The van der Waals surface area contributed by atoms with Crippen LogP contribution >= 0.6 is 0 Å². The van der Waals surface area contributed by atoms with Crippen molar-refractivity contribution in [2.75, 3.05) is 6.61 Å². The summed E-state index contributed by atoms with van der Waals surface area (Å²) >= 11 is 0. The molecule has 100 valence electrons. The van der Waals surface area contributed by atoms with Crippen LogP contribution in [-0.2, 0) is 13.1 Å². The summed E-state index contributed by atoms with van der Waals surface area (Å²) in [6.07, 6.45) is -0.347. The van der Waals surface area contributed by atoms with Gasteiger partial charge in [0.25, 0.3) is 0 Å². The molecule has 2 rings (SSSR count). The Balaban J connectivity index is 2.08. The highest BCUT2D eigenvalue weighted by molar-refractivity contribution is 5.17. The zero-order chi connectivity index (χ0) is 13.5. The molecule has 0 aliphatic carbocycles. The number of hydrogen-bond donors (Lipinski definition) is 2. The van der Waals surface area contributed by atoms with Crippen molar-refractivity contribution in [3.8, 4) is 0 Å². The second-order valence-corrected chi connectivity index (χ2v) is 4.63. The molecular formula is C16H20N2O. The first-order valence-corrected chi connectivity index (χ1v) is 6.48. The average Bonchev–Trinajstić information content (AvgIpc) is 2.48. The molecule has 0 unspecified atom stereocenters. The summed E-state index contributed by atoms with van der Waals surface area (Å²) in [4.78, 5) is 2.07. The van der Waals surface area contributed by atoms with Crippen LogP contribution < -0.4 is 5.73 Å². The Labute approximate surface area is 114 Å². The molecule has 0 amide bonds. The Hall–Kier alpha value is -1.68. The van der Waals surface area contributed by atoms with Crippen molar-refractivity contribution in [1.29, 1.82) is 0 Å². The lowest BCUT2D eigenvalue weighted by atomic mass is 10.1. The van der Waals surface area contributed by atoms with E-state index in [0.29, 0.717) is 0 Å². The van der Waals surface area contributed by atoms with E-state index >= 15 is 0 Å². The van der Waals surface area contributed by atoms with Gasteiger partial charge in [0, 0.05) is 13.1 Å². The molecule has 0 saturated carbocycles. The fourth-order valence-electron chi connectivity index (χ4n) is 2.04. The van der Waals surface area contributed by atoms with Crippen LogP contribution in [0.15, 0.2) is 60.7 Å². The second-order valence-electron chi connectivity index (χ2n) is 4.63. The third-order valence-corrected chi connectivity index (χ3v) is 3.11. The van der Waals surface area contributed by atoms with Gasteiger partial charge in [-0.05, 0) is 11.1 Å². The molecule has 0 bridgehead atoms. The fraction of sp³-hybridized carbons (Fsp3) is 0.250. The summed E-state index contributed by atoms with van der Waals surface area (Å²) in [5, 5.41) is 9.29. The predicted octanol–water partition coefficient (Wildman–Crippen LogP) is 1.97. The van der Waals surface area contributed by atoms with E-state index in [9.17, 15) is 5.11 Å². The summed E-state index contributed by atoms with van der Waals surface area (Å²) in [7, 11) is 0. The van der Waals surface area contributed by atoms with Crippen molar-refractivity contribution in [3.63, 3.8) is 0 Å². The van der Waals surface area contributed by atoms with Crippen molar-refractivity contribution in [2.45, 2.75) is 19.3 Å². The fourth-order valence-corrected chi connectivity index (χ4v) is 2.04. The number of hydrogen-bond acceptors (Lipinski definition) is 3. The Kier molecular flexibility index (Phi) is 5.10. The summed E-state index contributed by atoms with van der Waals surface area (Å²) in [5.41, 5.74) is 8.38. The Bertz CT molecular complexity index is 431. The van der Waals surface area contributed by atoms with Gasteiger partial charge in [0.15, 0.2) is 0 Å². The molecule has 1 atom stereocenters. The zero-order valence-corrected chi connectivity index (χ0v) is 10.9. The minimum atomic E-state index is -0.347. The second kappa shape index (κ2) is 7.04. The van der Waals surface area contributed by atoms with Gasteiger partial charge in [-0.3, -0.25) is 4.90 Å². The molecule has 2 aromatic carbocycles. The molecule has 0 radical (unpaired) electrons. The van der Waals surface area contributed by atoms with Crippen LogP contribution in [0.3, 0.4) is 0 Å². The maximum Gasteiger partial charge on any atom is 0.0816 e. The van der Waals surface area contributed by atoms with Crippen LogP contribution in [0.1, 0.15) is 11.1 Å². The van der Waals surface area contributed by atoms with Crippen LogP contribution in [0.2, 0.25) is 0 Å². The zero-order valence-electron chi connectivity index (χ0n) is 10.9. The van der Waals surface area contributed by atoms with Crippen LogP contribution in [0.4, 0.5) is 0 Å². The van der Waals surface area contributed by atoms with Crippen molar-refractivity contribution >= 4 is 0 Å². The molecule has 0 spiro atoms. The molecule has 3 N–H and O–H groups in total. The molecule has 3 heteroatoms. The molecule has 0 saturated heterocycles. The first-order valence-electron chi connectivity index (χ1n) is 6.48. The van der Waals surface area contributed by atoms with Crippen LogP contribution in [0, 0.1) is 0 Å². The highest BCUT2D eigenvalue weighted by Gasteiger charge is 2.14. The normalized spacial score (nSPS) is 12.6. The van der Waals surface area contributed by atoms with Gasteiger partial charge in [-0.15, -0.1) is 0 Å². The standard InChI is InChI=1S/C16H20N2O/c17-16(13-19)18(11-14-7-3-1-4-8-14)12-15-9-5-2-6-10-15/h1-10,16,19H,11-13,17H2/t16-/m1/s1. The van der Waals surface area contributed by atoms with E-state index in [4.69, 9.17) is 5.73 Å². The summed E-state index contributed by atoms with van der Waals surface area (Å²) in [5.74, 6) is 0. The topological polar surface area (TPSA) is 49.5 Å². The lowest BCUT2D eigenvalue weighted by Gasteiger charge is -2.27. The number of rotatable bonds is 6. The number of aliphatic hydroxyl groups is 1. The predicted molar refractivity (Wildman–Crippen MR) is 77.2 cm³/mol. The Morgan fingerprint density at radius 1 is 0.842 bits per heavy atom. The SMILES string of the molecule is N[C@@H](CO)N(Cc1ccccc1)Cc1ccccc1. The number of nitrogens with zero attached hydrogens (tertiary/aromatic N) is 1. The molecular weight excluding hydrogens is 236 g/mol. The smallest absolute Gasteiger partial charge is 0.0816 e. The molecule has 2 aromatic rings. The molecule has 0 fully saturated rings. The van der Waals surface area contributed by atoms with E-state index in [0.717, 1.165) is 13.1 Å². The third-order valence-electron chi connectivity index (χ3n) is 3.11. The quantitative estimate of drug-likeness (QED) is 0.777. The van der Waals surface area contributed by atoms with E-state index in [1.165, 1.54) is 11.1 Å². The molecule has 0 heterocycles. The van der Waals surface area contributed by atoms with Gasteiger partial charge in [0.2, 0.25) is 0 Å². The number of aliphatic hydroxyl groups excluding tert-OH is 1. The van der Waals surface area contributed by atoms with Crippen LogP contribution in [0.5, 0.6) is 0 Å². The first kappa shape index (κ1) is 13.7. The van der Waals surface area contributed by atoms with Gasteiger partial charge in [-0.1, -0.05) is 60.7 Å².